The summed E-state index contributed by atoms with van der Waals surface area (Å²) in [5.74, 6) is -3.81. The minimum absolute atomic E-state index is 0.00319. The van der Waals surface area contributed by atoms with Crippen molar-refractivity contribution in [2.24, 2.45) is 17.6 Å². The molecule has 1 amide bonds. The molecule has 3 atom stereocenters. The molecule has 1 aliphatic carbocycles. The van der Waals surface area contributed by atoms with Gasteiger partial charge in [0.25, 0.3) is 0 Å². The monoisotopic (exact) mass is 399 g/mol. The number of alkyl halides is 2. The Bertz CT molecular complexity index is 816. The van der Waals surface area contributed by atoms with Crippen LogP contribution >= 0.6 is 0 Å². The van der Waals surface area contributed by atoms with Crippen LogP contribution < -0.4 is 5.73 Å². The molecule has 3 N–H and O–H groups in total. The minimum Gasteiger partial charge on any atom is -0.368 e. The maximum absolute atomic E-state index is 13.7. The molecular weight excluding hydrogens is 372 g/mol. The normalized spacial score (nSPS) is 31.5. The molecule has 0 bridgehead atoms. The number of hydrogen-bond acceptors (Lipinski definition) is 3. The lowest BCUT2D eigenvalue weighted by Crippen LogP contribution is -2.61. The number of rotatable bonds is 4. The van der Waals surface area contributed by atoms with Gasteiger partial charge in [-0.05, 0) is 50.2 Å². The number of nitrogens with two attached hydrogens (primary N) is 1. The highest BCUT2D eigenvalue weighted by Crippen LogP contribution is 2.49. The van der Waals surface area contributed by atoms with Crippen LogP contribution in [0.5, 0.6) is 0 Å². The van der Waals surface area contributed by atoms with Crippen LogP contribution in [-0.2, 0) is 14.7 Å². The van der Waals surface area contributed by atoms with Gasteiger partial charge in [0.1, 0.15) is 15.5 Å². The molecule has 1 aliphatic heterocycles. The van der Waals surface area contributed by atoms with Crippen molar-refractivity contribution in [3.63, 3.8) is 0 Å². The van der Waals surface area contributed by atoms with Gasteiger partial charge in [0.05, 0.1) is 4.90 Å². The first-order valence-corrected chi connectivity index (χ1v) is 10.8. The molecule has 0 aromatic heterocycles. The third-order valence-corrected chi connectivity index (χ3v) is 8.06. The van der Waals surface area contributed by atoms with Gasteiger partial charge in [-0.15, -0.1) is 0 Å². The Hall–Kier alpha value is -1.54. The highest BCUT2D eigenvalue weighted by atomic mass is 32.2. The maximum Gasteiger partial charge on any atom is 0.248 e. The topological polar surface area (TPSA) is 87.2 Å². The summed E-state index contributed by atoms with van der Waals surface area (Å²) in [5.41, 5.74) is 5.46. The van der Waals surface area contributed by atoms with Crippen LogP contribution in [0.1, 0.15) is 44.6 Å². The van der Waals surface area contributed by atoms with Crippen LogP contribution in [0.3, 0.4) is 0 Å². The molecule has 1 aromatic rings. The first-order valence-electron chi connectivity index (χ1n) is 9.30. The van der Waals surface area contributed by atoms with E-state index in [9.17, 15) is 17.8 Å². The fourth-order valence-corrected chi connectivity index (χ4v) is 6.64. The predicted molar refractivity (Wildman–Crippen MR) is 99.6 cm³/mol. The molecule has 5 nitrogen and oxygen atoms in total. The lowest BCUT2D eigenvalue weighted by atomic mass is 9.71. The van der Waals surface area contributed by atoms with E-state index in [1.165, 1.54) is 4.31 Å². The van der Waals surface area contributed by atoms with E-state index < -0.39 is 33.2 Å². The van der Waals surface area contributed by atoms with Gasteiger partial charge >= 0.3 is 0 Å². The summed E-state index contributed by atoms with van der Waals surface area (Å²) in [6.45, 7) is 4.09. The second-order valence-corrected chi connectivity index (χ2v) is 10.1. The van der Waals surface area contributed by atoms with Crippen LogP contribution in [-0.4, -0.2) is 32.4 Å². The van der Waals surface area contributed by atoms with E-state index in [0.29, 0.717) is 11.3 Å². The van der Waals surface area contributed by atoms with Crippen molar-refractivity contribution in [1.82, 2.24) is 4.31 Å². The van der Waals surface area contributed by atoms with Crippen LogP contribution in [0.2, 0.25) is 0 Å². The summed E-state index contributed by atoms with van der Waals surface area (Å²) in [5, 5.41) is 0. The minimum atomic E-state index is -3.47. The molecule has 1 saturated heterocycles. The van der Waals surface area contributed by atoms with Crippen molar-refractivity contribution < 1.29 is 17.8 Å². The van der Waals surface area contributed by atoms with E-state index in [2.05, 4.69) is 0 Å². The van der Waals surface area contributed by atoms with Crippen LogP contribution in [0.4, 0.5) is 8.78 Å². The Labute approximate surface area is 159 Å². The van der Waals surface area contributed by atoms with Crippen molar-refractivity contribution in [3.05, 3.63) is 29.8 Å². The van der Waals surface area contributed by atoms with Gasteiger partial charge in [0.15, 0.2) is 0 Å². The number of hydrogen-bond donors (Lipinski definition) is 2. The fraction of sp³-hybridized carbons (Fsp3) is 0.632. The maximum atomic E-state index is 13.7. The first-order chi connectivity index (χ1) is 12.5. The number of amides is 1. The van der Waals surface area contributed by atoms with Gasteiger partial charge in [0, 0.05) is 19.4 Å². The molecule has 1 saturated carbocycles. The molecule has 8 heteroatoms. The molecule has 150 valence electrons. The van der Waals surface area contributed by atoms with Gasteiger partial charge in [-0.25, -0.2) is 17.8 Å². The third kappa shape index (κ3) is 3.49. The van der Waals surface area contributed by atoms with Gasteiger partial charge in [-0.2, -0.15) is 4.31 Å². The number of nitrogens with one attached hydrogen (secondary N) is 1. The molecule has 3 rings (SSSR count). The molecule has 27 heavy (non-hydrogen) atoms. The summed E-state index contributed by atoms with van der Waals surface area (Å²) in [6, 6.07) is 6.81. The van der Waals surface area contributed by atoms with Crippen molar-refractivity contribution >= 4 is 15.8 Å². The number of benzene rings is 1. The largest absolute Gasteiger partial charge is 0.368 e. The van der Waals surface area contributed by atoms with Gasteiger partial charge in [0.2, 0.25) is 11.8 Å². The molecule has 1 heterocycles. The molecule has 2 fully saturated rings. The zero-order valence-corrected chi connectivity index (χ0v) is 16.5. The van der Waals surface area contributed by atoms with E-state index in [-0.39, 0.29) is 38.1 Å². The SMILES string of the molecule is Cc1ccc([S@](=N)(=O)N2CC(C)CC2(C(N)=O)C2CCC(F)(F)CC2)cc1. The lowest BCUT2D eigenvalue weighted by molar-refractivity contribution is -0.132. The Morgan fingerprint density at radius 2 is 1.81 bits per heavy atom. The van der Waals surface area contributed by atoms with Gasteiger partial charge in [-0.3, -0.25) is 4.79 Å². The smallest absolute Gasteiger partial charge is 0.248 e. The zero-order chi connectivity index (χ0) is 20.0. The van der Waals surface area contributed by atoms with Gasteiger partial charge < -0.3 is 5.73 Å². The highest BCUT2D eigenvalue weighted by Gasteiger charge is 2.58. The summed E-state index contributed by atoms with van der Waals surface area (Å²) >= 11 is 0. The fourth-order valence-electron chi connectivity index (χ4n) is 4.64. The second-order valence-electron chi connectivity index (χ2n) is 8.13. The Morgan fingerprint density at radius 1 is 1.26 bits per heavy atom. The van der Waals surface area contributed by atoms with Crippen LogP contribution in [0.25, 0.3) is 0 Å². The van der Waals surface area contributed by atoms with Crippen molar-refractivity contribution in [2.75, 3.05) is 6.54 Å². The lowest BCUT2D eigenvalue weighted by Gasteiger charge is -2.44. The van der Waals surface area contributed by atoms with E-state index in [1.807, 2.05) is 13.8 Å². The number of carbonyl (C=O) groups is 1. The summed E-state index contributed by atoms with van der Waals surface area (Å²) < 4.78 is 51.0. The van der Waals surface area contributed by atoms with E-state index in [0.717, 1.165) is 5.56 Å². The molecule has 1 aromatic carbocycles. The van der Waals surface area contributed by atoms with Crippen molar-refractivity contribution in [3.8, 4) is 0 Å². The standard InChI is InChI=1S/C19H27F2N3O2S/c1-13-3-5-16(6-4-13)27(23,26)24-12-14(2)11-19(24,17(22)25)15-7-9-18(20,21)10-8-15/h3-6,14-15,23H,7-12H2,1-2H3,(H2,22,25)/t14?,19?,27-/m1/s1. The van der Waals surface area contributed by atoms with Crippen molar-refractivity contribution in [2.45, 2.75) is 62.3 Å². The van der Waals surface area contributed by atoms with E-state index >= 15 is 0 Å². The molecule has 0 radical (unpaired) electrons. The Morgan fingerprint density at radius 3 is 2.33 bits per heavy atom. The zero-order valence-electron chi connectivity index (χ0n) is 15.7. The predicted octanol–water partition coefficient (Wildman–Crippen LogP) is 3.71. The molecule has 2 aliphatic rings. The van der Waals surface area contributed by atoms with E-state index in [1.54, 1.807) is 24.3 Å². The van der Waals surface area contributed by atoms with Crippen LogP contribution in [0.15, 0.2) is 29.2 Å². The first kappa shape index (κ1) is 20.2. The average molecular weight is 400 g/mol. The highest BCUT2D eigenvalue weighted by molar-refractivity contribution is 7.90. The van der Waals surface area contributed by atoms with Crippen LogP contribution in [0, 0.1) is 23.5 Å². The summed E-state index contributed by atoms with van der Waals surface area (Å²) in [4.78, 5) is 13.0. The Balaban J connectivity index is 2.04. The molecular formula is C19H27F2N3O2S. The average Bonchev–Trinajstić information content (AvgIpc) is 2.94. The third-order valence-electron chi connectivity index (χ3n) is 6.05. The van der Waals surface area contributed by atoms with Crippen molar-refractivity contribution in [1.29, 1.82) is 4.78 Å². The quantitative estimate of drug-likeness (QED) is 0.808. The summed E-state index contributed by atoms with van der Waals surface area (Å²) in [6.07, 6.45) is 0.0166. The van der Waals surface area contributed by atoms with E-state index in [4.69, 9.17) is 10.5 Å². The number of aryl methyl sites for hydroxylation is 1. The number of primary amides is 1. The second kappa shape index (κ2) is 6.81. The molecule has 0 spiro atoms. The number of halogens is 2. The number of nitrogens with zero attached hydrogens (tertiary/aromatic N) is 1. The Kier molecular flexibility index (Phi) is 5.10. The summed E-state index contributed by atoms with van der Waals surface area (Å²) in [7, 11) is -3.47. The number of carbonyl (C=O) groups excluding carboxylic acids is 1. The van der Waals surface area contributed by atoms with Gasteiger partial charge in [-0.1, -0.05) is 24.6 Å². The molecule has 2 unspecified atom stereocenters.